The molecule has 6 heteroatoms. The summed E-state index contributed by atoms with van der Waals surface area (Å²) in [6.07, 6.45) is 1.85. The van der Waals surface area contributed by atoms with Gasteiger partial charge in [0.25, 0.3) is 0 Å². The molecule has 0 spiro atoms. The molecule has 0 aliphatic rings. The zero-order valence-electron chi connectivity index (χ0n) is 13.1. The molecule has 22 heavy (non-hydrogen) atoms. The molecule has 1 aromatic heterocycles. The Kier molecular flexibility index (Phi) is 5.85. The van der Waals surface area contributed by atoms with Crippen LogP contribution in [0, 0.1) is 11.6 Å². The lowest BCUT2D eigenvalue weighted by molar-refractivity contribution is 0.133. The highest BCUT2D eigenvalue weighted by molar-refractivity contribution is 5.76. The van der Waals surface area contributed by atoms with E-state index in [9.17, 15) is 8.78 Å². The summed E-state index contributed by atoms with van der Waals surface area (Å²) in [4.78, 5) is 4.53. The number of nitrogens with zero attached hydrogens (tertiary/aromatic N) is 2. The molecule has 0 unspecified atom stereocenters. The van der Waals surface area contributed by atoms with Gasteiger partial charge in [-0.2, -0.15) is 0 Å². The topological polar surface area (TPSA) is 53.1 Å². The molecule has 0 saturated carbocycles. The minimum absolute atomic E-state index is 0.257. The van der Waals surface area contributed by atoms with Gasteiger partial charge in [-0.15, -0.1) is 0 Å². The number of ether oxygens (including phenoxy) is 1. The average Bonchev–Trinajstić information content (AvgIpc) is 2.83. The Morgan fingerprint density at radius 2 is 1.86 bits per heavy atom. The zero-order valence-corrected chi connectivity index (χ0v) is 13.1. The Bertz CT molecular complexity index is 623. The molecule has 2 N–H and O–H groups in total. The van der Waals surface area contributed by atoms with Gasteiger partial charge in [0, 0.05) is 31.1 Å². The van der Waals surface area contributed by atoms with Crippen molar-refractivity contribution in [2.75, 3.05) is 19.8 Å². The van der Waals surface area contributed by atoms with Crippen molar-refractivity contribution in [2.24, 2.45) is 5.73 Å². The summed E-state index contributed by atoms with van der Waals surface area (Å²) in [6.45, 7) is 6.13. The number of rotatable bonds is 8. The van der Waals surface area contributed by atoms with Gasteiger partial charge >= 0.3 is 0 Å². The first-order valence-electron chi connectivity index (χ1n) is 7.75. The average molecular weight is 311 g/mol. The molecule has 0 fully saturated rings. The summed E-state index contributed by atoms with van der Waals surface area (Å²) in [5.41, 5.74) is 6.50. The lowest BCUT2D eigenvalue weighted by Crippen LogP contribution is -2.15. The van der Waals surface area contributed by atoms with E-state index in [-0.39, 0.29) is 5.92 Å². The van der Waals surface area contributed by atoms with E-state index >= 15 is 0 Å². The minimum atomic E-state index is -0.868. The van der Waals surface area contributed by atoms with E-state index in [1.807, 2.05) is 4.57 Å². The molecule has 1 aromatic carbocycles. The molecule has 1 heterocycles. The van der Waals surface area contributed by atoms with Crippen LogP contribution in [0.15, 0.2) is 12.1 Å². The highest BCUT2D eigenvalue weighted by Gasteiger charge is 2.19. The smallest absolute Gasteiger partial charge is 0.161 e. The van der Waals surface area contributed by atoms with E-state index in [0.29, 0.717) is 37.3 Å². The summed E-state index contributed by atoms with van der Waals surface area (Å²) in [6, 6.07) is 2.38. The van der Waals surface area contributed by atoms with Crippen LogP contribution in [-0.4, -0.2) is 29.3 Å². The predicted molar refractivity (Wildman–Crippen MR) is 82.8 cm³/mol. The minimum Gasteiger partial charge on any atom is -0.378 e. The monoisotopic (exact) mass is 311 g/mol. The van der Waals surface area contributed by atoms with Crippen molar-refractivity contribution in [1.82, 2.24) is 9.55 Å². The van der Waals surface area contributed by atoms with E-state index in [1.54, 1.807) is 0 Å². The van der Waals surface area contributed by atoms with Gasteiger partial charge < -0.3 is 15.0 Å². The van der Waals surface area contributed by atoms with Crippen LogP contribution in [0.25, 0.3) is 11.0 Å². The summed E-state index contributed by atoms with van der Waals surface area (Å²) in [7, 11) is 0. The summed E-state index contributed by atoms with van der Waals surface area (Å²) < 4.78 is 34.4. The number of imidazole rings is 1. The van der Waals surface area contributed by atoms with Crippen molar-refractivity contribution in [3.05, 3.63) is 29.6 Å². The second kappa shape index (κ2) is 7.65. The fourth-order valence-corrected chi connectivity index (χ4v) is 2.68. The van der Waals surface area contributed by atoms with Crippen LogP contribution in [0.1, 0.15) is 38.4 Å². The van der Waals surface area contributed by atoms with Gasteiger partial charge in [-0.25, -0.2) is 13.8 Å². The highest BCUT2D eigenvalue weighted by Crippen LogP contribution is 2.28. The molecule has 0 radical (unpaired) electrons. The summed E-state index contributed by atoms with van der Waals surface area (Å²) in [5.74, 6) is -0.602. The van der Waals surface area contributed by atoms with Gasteiger partial charge in [-0.3, -0.25) is 0 Å². The van der Waals surface area contributed by atoms with Gasteiger partial charge in [0.2, 0.25) is 0 Å². The lowest BCUT2D eigenvalue weighted by atomic mass is 10.0. The molecule has 0 atom stereocenters. The Morgan fingerprint density at radius 1 is 1.18 bits per heavy atom. The van der Waals surface area contributed by atoms with Crippen molar-refractivity contribution < 1.29 is 13.5 Å². The summed E-state index contributed by atoms with van der Waals surface area (Å²) >= 11 is 0. The van der Waals surface area contributed by atoms with E-state index in [4.69, 9.17) is 10.5 Å². The van der Waals surface area contributed by atoms with Gasteiger partial charge in [0.05, 0.1) is 24.2 Å². The normalized spacial score (nSPS) is 11.7. The number of hydrogen-bond acceptors (Lipinski definition) is 3. The molecule has 0 aliphatic heterocycles. The molecule has 0 aliphatic carbocycles. The first-order valence-corrected chi connectivity index (χ1v) is 7.75. The third-order valence-corrected chi connectivity index (χ3v) is 3.89. The second-order valence-corrected chi connectivity index (χ2v) is 5.29. The molecule has 122 valence electrons. The third kappa shape index (κ3) is 3.44. The molecule has 0 amide bonds. The maximum Gasteiger partial charge on any atom is 0.161 e. The maximum absolute atomic E-state index is 13.6. The van der Waals surface area contributed by atoms with Crippen LogP contribution in [-0.2, 0) is 11.3 Å². The lowest BCUT2D eigenvalue weighted by Gasteiger charge is -2.15. The van der Waals surface area contributed by atoms with Gasteiger partial charge in [-0.1, -0.05) is 13.8 Å². The van der Waals surface area contributed by atoms with Crippen LogP contribution in [0.4, 0.5) is 8.78 Å². The Hall–Kier alpha value is -1.53. The van der Waals surface area contributed by atoms with Crippen molar-refractivity contribution in [3.8, 4) is 0 Å². The maximum atomic E-state index is 13.6. The molecule has 2 rings (SSSR count). The van der Waals surface area contributed by atoms with Crippen LogP contribution in [0.2, 0.25) is 0 Å². The van der Waals surface area contributed by atoms with Crippen LogP contribution >= 0.6 is 0 Å². The van der Waals surface area contributed by atoms with Crippen molar-refractivity contribution >= 4 is 11.0 Å². The number of aromatic nitrogens is 2. The molecular weight excluding hydrogens is 288 g/mol. The van der Waals surface area contributed by atoms with Crippen LogP contribution in [0.5, 0.6) is 0 Å². The number of benzene rings is 1. The quantitative estimate of drug-likeness (QED) is 0.762. The van der Waals surface area contributed by atoms with Gasteiger partial charge in [0.1, 0.15) is 5.82 Å². The van der Waals surface area contributed by atoms with Crippen molar-refractivity contribution in [1.29, 1.82) is 0 Å². The molecule has 0 bridgehead atoms. The number of halogens is 2. The third-order valence-electron chi connectivity index (χ3n) is 3.89. The van der Waals surface area contributed by atoms with Gasteiger partial charge in [-0.05, 0) is 12.8 Å². The van der Waals surface area contributed by atoms with Crippen LogP contribution in [0.3, 0.4) is 0 Å². The first kappa shape index (κ1) is 16.8. The molecular formula is C16H23F2N3O. The largest absolute Gasteiger partial charge is 0.378 e. The standard InChI is InChI=1S/C16H23F2N3O/c1-3-11(4-2)16-20-14-9-12(17)13(18)10-15(14)21(16)6-8-22-7-5-19/h9-11H,3-8,19H2,1-2H3. The summed E-state index contributed by atoms with van der Waals surface area (Å²) in [5, 5.41) is 0. The second-order valence-electron chi connectivity index (χ2n) is 5.29. The Morgan fingerprint density at radius 3 is 2.50 bits per heavy atom. The van der Waals surface area contributed by atoms with E-state index in [2.05, 4.69) is 18.8 Å². The highest BCUT2D eigenvalue weighted by atomic mass is 19.2. The Labute approximate surface area is 129 Å². The van der Waals surface area contributed by atoms with E-state index in [1.165, 1.54) is 6.07 Å². The number of hydrogen-bond donors (Lipinski definition) is 1. The van der Waals surface area contributed by atoms with Gasteiger partial charge in [0.15, 0.2) is 11.6 Å². The van der Waals surface area contributed by atoms with Crippen LogP contribution < -0.4 is 5.73 Å². The Balaban J connectivity index is 2.42. The van der Waals surface area contributed by atoms with Crippen molar-refractivity contribution in [3.63, 3.8) is 0 Å². The van der Waals surface area contributed by atoms with Crippen molar-refractivity contribution in [2.45, 2.75) is 39.2 Å². The molecule has 2 aromatic rings. The first-order chi connectivity index (χ1) is 10.6. The number of nitrogens with two attached hydrogens (primary N) is 1. The molecule has 4 nitrogen and oxygen atoms in total. The predicted octanol–water partition coefficient (Wildman–Crippen LogP) is 3.19. The SMILES string of the molecule is CCC(CC)c1nc2cc(F)c(F)cc2n1CCOCCN. The fraction of sp³-hybridized carbons (Fsp3) is 0.562. The fourth-order valence-electron chi connectivity index (χ4n) is 2.68. The van der Waals surface area contributed by atoms with E-state index < -0.39 is 11.6 Å². The van der Waals surface area contributed by atoms with E-state index in [0.717, 1.165) is 24.7 Å². The zero-order chi connectivity index (χ0) is 16.1. The number of fused-ring (bicyclic) bond motifs is 1. The molecule has 0 saturated heterocycles.